The van der Waals surface area contributed by atoms with E-state index in [1.807, 2.05) is 0 Å². The number of pyridine rings is 1. The van der Waals surface area contributed by atoms with Crippen LogP contribution in [0, 0.1) is 10.1 Å². The van der Waals surface area contributed by atoms with Crippen molar-refractivity contribution in [2.24, 2.45) is 0 Å². The van der Waals surface area contributed by atoms with Gasteiger partial charge in [-0.25, -0.2) is 4.98 Å². The summed E-state index contributed by atoms with van der Waals surface area (Å²) in [5, 5.41) is 20.4. The number of phenolic OH excluding ortho intramolecular Hbond substituents is 1. The number of nitro groups is 1. The Labute approximate surface area is 115 Å². The Hall–Kier alpha value is -1.60. The molecule has 0 aliphatic carbocycles. The van der Waals surface area contributed by atoms with Gasteiger partial charge in [-0.15, -0.1) is 0 Å². The number of benzene rings is 1. The molecular weight excluding hydrogens is 320 g/mol. The highest BCUT2D eigenvalue weighted by Gasteiger charge is 2.16. The van der Waals surface area contributed by atoms with E-state index in [4.69, 9.17) is 5.11 Å². The van der Waals surface area contributed by atoms with Crippen LogP contribution in [0.4, 0.5) is 5.69 Å². The molecular formula is C11H7BrN2O3S. The summed E-state index contributed by atoms with van der Waals surface area (Å²) in [6, 6.07) is 7.80. The van der Waals surface area contributed by atoms with Crippen molar-refractivity contribution in [3.8, 4) is 5.75 Å². The van der Waals surface area contributed by atoms with Crippen LogP contribution in [0.2, 0.25) is 0 Å². The molecule has 7 heteroatoms. The maximum Gasteiger partial charge on any atom is 0.302 e. The minimum Gasteiger partial charge on any atom is -0.508 e. The number of halogens is 1. The van der Waals surface area contributed by atoms with Crippen molar-refractivity contribution in [2.45, 2.75) is 9.92 Å². The lowest BCUT2D eigenvalue weighted by Crippen LogP contribution is -1.93. The van der Waals surface area contributed by atoms with Crippen LogP contribution in [-0.4, -0.2) is 15.0 Å². The van der Waals surface area contributed by atoms with Crippen molar-refractivity contribution in [3.05, 3.63) is 51.1 Å². The fourth-order valence-electron chi connectivity index (χ4n) is 1.25. The third kappa shape index (κ3) is 2.99. The molecule has 2 rings (SSSR count). The smallest absolute Gasteiger partial charge is 0.302 e. The third-order valence-electron chi connectivity index (χ3n) is 2.05. The summed E-state index contributed by atoms with van der Waals surface area (Å²) in [5.41, 5.74) is -0.0533. The van der Waals surface area contributed by atoms with E-state index in [2.05, 4.69) is 20.9 Å². The van der Waals surface area contributed by atoms with Gasteiger partial charge in [-0.05, 0) is 40.2 Å². The normalized spacial score (nSPS) is 10.3. The van der Waals surface area contributed by atoms with Gasteiger partial charge in [0.15, 0.2) is 5.03 Å². The number of aromatic nitrogens is 1. The van der Waals surface area contributed by atoms with E-state index in [0.717, 1.165) is 4.90 Å². The maximum atomic E-state index is 10.9. The zero-order chi connectivity index (χ0) is 13.1. The second kappa shape index (κ2) is 5.36. The number of phenols is 1. The molecule has 18 heavy (non-hydrogen) atoms. The molecule has 0 saturated carbocycles. The van der Waals surface area contributed by atoms with Gasteiger partial charge in [0.1, 0.15) is 5.75 Å². The average Bonchev–Trinajstić information content (AvgIpc) is 2.34. The van der Waals surface area contributed by atoms with Crippen molar-refractivity contribution < 1.29 is 10.0 Å². The van der Waals surface area contributed by atoms with Crippen LogP contribution in [0.5, 0.6) is 5.75 Å². The summed E-state index contributed by atoms with van der Waals surface area (Å²) in [4.78, 5) is 15.2. The molecule has 0 saturated heterocycles. The summed E-state index contributed by atoms with van der Waals surface area (Å²) >= 11 is 4.33. The number of nitrogens with zero attached hydrogens (tertiary/aromatic N) is 2. The number of rotatable bonds is 3. The molecule has 0 radical (unpaired) electrons. The van der Waals surface area contributed by atoms with Crippen molar-refractivity contribution in [1.82, 2.24) is 4.98 Å². The lowest BCUT2D eigenvalue weighted by molar-refractivity contribution is -0.388. The van der Waals surface area contributed by atoms with Gasteiger partial charge < -0.3 is 5.11 Å². The van der Waals surface area contributed by atoms with E-state index in [-0.39, 0.29) is 11.4 Å². The van der Waals surface area contributed by atoms with Crippen molar-refractivity contribution >= 4 is 33.4 Å². The molecule has 5 nitrogen and oxygen atoms in total. The monoisotopic (exact) mass is 326 g/mol. The molecule has 0 fully saturated rings. The molecule has 1 aromatic heterocycles. The maximum absolute atomic E-state index is 10.9. The zero-order valence-electron chi connectivity index (χ0n) is 8.91. The first kappa shape index (κ1) is 12.8. The number of hydrogen-bond acceptors (Lipinski definition) is 5. The molecule has 0 bridgehead atoms. The summed E-state index contributed by atoms with van der Waals surface area (Å²) in [6.07, 6.45) is 1.51. The fourth-order valence-corrected chi connectivity index (χ4v) is 2.41. The molecule has 0 unspecified atom stereocenters. The predicted molar refractivity (Wildman–Crippen MR) is 70.8 cm³/mol. The highest BCUT2D eigenvalue weighted by Crippen LogP contribution is 2.34. The Morgan fingerprint density at radius 3 is 2.61 bits per heavy atom. The fraction of sp³-hybridized carbons (Fsp3) is 0. The van der Waals surface area contributed by atoms with Crippen LogP contribution < -0.4 is 0 Å². The van der Waals surface area contributed by atoms with Crippen LogP contribution in [0.25, 0.3) is 0 Å². The zero-order valence-corrected chi connectivity index (χ0v) is 11.3. The van der Waals surface area contributed by atoms with E-state index < -0.39 is 4.92 Å². The van der Waals surface area contributed by atoms with Gasteiger partial charge in [-0.3, -0.25) is 10.1 Å². The lowest BCUT2D eigenvalue weighted by Gasteiger charge is -2.02. The molecule has 1 heterocycles. The number of aromatic hydroxyl groups is 1. The Morgan fingerprint density at radius 2 is 2.00 bits per heavy atom. The summed E-state index contributed by atoms with van der Waals surface area (Å²) in [5.74, 6) is 0.151. The van der Waals surface area contributed by atoms with Gasteiger partial charge in [0.2, 0.25) is 0 Å². The molecule has 1 N–H and O–H groups in total. The first-order valence-corrected chi connectivity index (χ1v) is 6.44. The molecule has 1 aromatic carbocycles. The summed E-state index contributed by atoms with van der Waals surface area (Å²) in [7, 11) is 0. The van der Waals surface area contributed by atoms with Gasteiger partial charge >= 0.3 is 5.69 Å². The van der Waals surface area contributed by atoms with Gasteiger partial charge in [-0.1, -0.05) is 11.8 Å². The van der Waals surface area contributed by atoms with Crippen molar-refractivity contribution in [1.29, 1.82) is 0 Å². The van der Waals surface area contributed by atoms with Gasteiger partial charge in [0.25, 0.3) is 0 Å². The predicted octanol–water partition coefficient (Wildman–Crippen LogP) is 3.61. The van der Waals surface area contributed by atoms with E-state index in [9.17, 15) is 10.1 Å². The van der Waals surface area contributed by atoms with E-state index >= 15 is 0 Å². The van der Waals surface area contributed by atoms with Crippen molar-refractivity contribution in [2.75, 3.05) is 0 Å². The van der Waals surface area contributed by atoms with Gasteiger partial charge in [0.05, 0.1) is 4.92 Å². The Morgan fingerprint density at radius 1 is 1.33 bits per heavy atom. The van der Waals surface area contributed by atoms with E-state index in [1.165, 1.54) is 36.2 Å². The van der Waals surface area contributed by atoms with Crippen LogP contribution in [0.1, 0.15) is 0 Å². The van der Waals surface area contributed by atoms with E-state index in [0.29, 0.717) is 9.50 Å². The standard InChI is InChI=1S/C11H7BrN2O3S/c12-7-5-10(14(16)17)11(13-6-7)18-9-3-1-8(15)2-4-9/h1-6,15H. The van der Waals surface area contributed by atoms with Crippen LogP contribution in [0.15, 0.2) is 50.9 Å². The highest BCUT2D eigenvalue weighted by molar-refractivity contribution is 9.10. The topological polar surface area (TPSA) is 76.3 Å². The molecule has 0 atom stereocenters. The first-order valence-electron chi connectivity index (χ1n) is 4.83. The Kier molecular flexibility index (Phi) is 3.83. The molecule has 0 spiro atoms. The quantitative estimate of drug-likeness (QED) is 0.688. The van der Waals surface area contributed by atoms with E-state index in [1.54, 1.807) is 12.1 Å². The molecule has 0 amide bonds. The lowest BCUT2D eigenvalue weighted by atomic mass is 10.3. The molecule has 2 aromatic rings. The average molecular weight is 327 g/mol. The van der Waals surface area contributed by atoms with Gasteiger partial charge in [-0.2, -0.15) is 0 Å². The summed E-state index contributed by atoms with van der Waals surface area (Å²) < 4.78 is 0.559. The molecule has 0 aliphatic rings. The van der Waals surface area contributed by atoms with Gasteiger partial charge in [0, 0.05) is 21.6 Å². The Bertz CT molecular complexity index is 589. The summed E-state index contributed by atoms with van der Waals surface area (Å²) in [6.45, 7) is 0. The third-order valence-corrected chi connectivity index (χ3v) is 3.50. The second-order valence-corrected chi connectivity index (χ2v) is 5.31. The van der Waals surface area contributed by atoms with Crippen LogP contribution in [-0.2, 0) is 0 Å². The van der Waals surface area contributed by atoms with Crippen molar-refractivity contribution in [3.63, 3.8) is 0 Å². The minimum atomic E-state index is -0.472. The van der Waals surface area contributed by atoms with Crippen LogP contribution in [0.3, 0.4) is 0 Å². The Balaban J connectivity index is 2.34. The first-order chi connectivity index (χ1) is 8.56. The minimum absolute atomic E-state index is 0.0533. The SMILES string of the molecule is O=[N+]([O-])c1cc(Br)cnc1Sc1ccc(O)cc1. The molecule has 92 valence electrons. The largest absolute Gasteiger partial charge is 0.508 e. The molecule has 0 aliphatic heterocycles. The highest BCUT2D eigenvalue weighted by atomic mass is 79.9. The number of hydrogen-bond donors (Lipinski definition) is 1. The van der Waals surface area contributed by atoms with Crippen LogP contribution >= 0.6 is 27.7 Å². The second-order valence-electron chi connectivity index (χ2n) is 3.33.